The second kappa shape index (κ2) is 9.20. The van der Waals surface area contributed by atoms with Crippen LogP contribution in [0.3, 0.4) is 0 Å². The number of ether oxygens (including phenoxy) is 2. The standard InChI is InChI=1S/C15H24O2/c1-3-5-7-12-15(16-4-2)17-13-14-10-8-6-9-11-14/h6,8-11,15H,3-5,7,12-13H2,1-2H3. The Bertz CT molecular complexity index is 272. The van der Waals surface area contributed by atoms with Crippen LogP contribution in [-0.4, -0.2) is 12.9 Å². The lowest BCUT2D eigenvalue weighted by molar-refractivity contribution is -0.150. The molecule has 0 bridgehead atoms. The van der Waals surface area contributed by atoms with Gasteiger partial charge in [0.1, 0.15) is 0 Å². The molecule has 17 heavy (non-hydrogen) atoms. The van der Waals surface area contributed by atoms with Crippen molar-refractivity contribution < 1.29 is 9.47 Å². The second-order valence-electron chi connectivity index (χ2n) is 4.18. The molecule has 1 aromatic carbocycles. The van der Waals surface area contributed by atoms with Gasteiger partial charge in [-0.1, -0.05) is 50.1 Å². The summed E-state index contributed by atoms with van der Waals surface area (Å²) in [7, 11) is 0. The molecule has 0 saturated carbocycles. The van der Waals surface area contributed by atoms with Gasteiger partial charge in [-0.15, -0.1) is 0 Å². The van der Waals surface area contributed by atoms with Crippen molar-refractivity contribution >= 4 is 0 Å². The Labute approximate surface area is 105 Å². The summed E-state index contributed by atoms with van der Waals surface area (Å²) in [5.41, 5.74) is 1.20. The molecule has 0 fully saturated rings. The van der Waals surface area contributed by atoms with Crippen LogP contribution in [0.2, 0.25) is 0 Å². The average molecular weight is 236 g/mol. The van der Waals surface area contributed by atoms with E-state index in [1.165, 1.54) is 24.8 Å². The van der Waals surface area contributed by atoms with Gasteiger partial charge >= 0.3 is 0 Å². The second-order valence-corrected chi connectivity index (χ2v) is 4.18. The van der Waals surface area contributed by atoms with E-state index in [1.807, 2.05) is 25.1 Å². The lowest BCUT2D eigenvalue weighted by atomic mass is 10.2. The van der Waals surface area contributed by atoms with E-state index >= 15 is 0 Å². The molecule has 1 rings (SSSR count). The molecule has 0 spiro atoms. The number of unbranched alkanes of at least 4 members (excludes halogenated alkanes) is 2. The summed E-state index contributed by atoms with van der Waals surface area (Å²) in [5.74, 6) is 0. The maximum absolute atomic E-state index is 5.79. The first kappa shape index (κ1) is 14.2. The molecule has 2 heteroatoms. The first-order chi connectivity index (χ1) is 8.36. The molecule has 0 aliphatic carbocycles. The molecule has 0 aliphatic heterocycles. The number of hydrogen-bond acceptors (Lipinski definition) is 2. The van der Waals surface area contributed by atoms with Crippen LogP contribution >= 0.6 is 0 Å². The van der Waals surface area contributed by atoms with Gasteiger partial charge in [0.15, 0.2) is 6.29 Å². The van der Waals surface area contributed by atoms with E-state index in [4.69, 9.17) is 9.47 Å². The van der Waals surface area contributed by atoms with Gasteiger partial charge in [0, 0.05) is 6.61 Å². The number of rotatable bonds is 9. The highest BCUT2D eigenvalue weighted by Crippen LogP contribution is 2.11. The number of hydrogen-bond donors (Lipinski definition) is 0. The third-order valence-corrected chi connectivity index (χ3v) is 2.67. The Balaban J connectivity index is 2.28. The van der Waals surface area contributed by atoms with E-state index in [0.29, 0.717) is 13.2 Å². The van der Waals surface area contributed by atoms with Crippen LogP contribution in [0.4, 0.5) is 0 Å². The van der Waals surface area contributed by atoms with Crippen LogP contribution in [0.15, 0.2) is 30.3 Å². The zero-order valence-electron chi connectivity index (χ0n) is 11.0. The molecule has 1 aromatic rings. The van der Waals surface area contributed by atoms with E-state index in [0.717, 1.165) is 6.42 Å². The molecule has 0 N–H and O–H groups in total. The first-order valence-corrected chi connectivity index (χ1v) is 6.64. The van der Waals surface area contributed by atoms with E-state index < -0.39 is 0 Å². The van der Waals surface area contributed by atoms with Crippen LogP contribution in [0, 0.1) is 0 Å². The molecule has 0 heterocycles. The molecule has 0 aromatic heterocycles. The highest BCUT2D eigenvalue weighted by atomic mass is 16.7. The quantitative estimate of drug-likeness (QED) is 0.474. The van der Waals surface area contributed by atoms with Gasteiger partial charge < -0.3 is 9.47 Å². The summed E-state index contributed by atoms with van der Waals surface area (Å²) in [6.07, 6.45) is 4.60. The van der Waals surface area contributed by atoms with Crippen molar-refractivity contribution in [2.75, 3.05) is 6.61 Å². The van der Waals surface area contributed by atoms with Crippen molar-refractivity contribution in [1.29, 1.82) is 0 Å². The SMILES string of the molecule is CCCCCC(OCC)OCc1ccccc1. The summed E-state index contributed by atoms with van der Waals surface area (Å²) in [4.78, 5) is 0. The van der Waals surface area contributed by atoms with Crippen LogP contribution < -0.4 is 0 Å². The Kier molecular flexibility index (Phi) is 7.69. The maximum atomic E-state index is 5.79. The topological polar surface area (TPSA) is 18.5 Å². The molecular weight excluding hydrogens is 212 g/mol. The van der Waals surface area contributed by atoms with Gasteiger partial charge in [-0.25, -0.2) is 0 Å². The molecule has 1 atom stereocenters. The fourth-order valence-electron chi connectivity index (χ4n) is 1.73. The van der Waals surface area contributed by atoms with Crippen molar-refractivity contribution in [2.45, 2.75) is 52.4 Å². The van der Waals surface area contributed by atoms with Gasteiger partial charge in [0.25, 0.3) is 0 Å². The summed E-state index contributed by atoms with van der Waals surface area (Å²) < 4.78 is 11.4. The molecule has 1 unspecified atom stereocenters. The lowest BCUT2D eigenvalue weighted by Crippen LogP contribution is -2.17. The predicted molar refractivity (Wildman–Crippen MR) is 70.8 cm³/mol. The zero-order chi connectivity index (χ0) is 12.3. The molecule has 0 aliphatic rings. The summed E-state index contributed by atoms with van der Waals surface area (Å²) in [6.45, 7) is 5.57. The average Bonchev–Trinajstić information content (AvgIpc) is 2.37. The first-order valence-electron chi connectivity index (χ1n) is 6.64. The Hall–Kier alpha value is -0.860. The zero-order valence-corrected chi connectivity index (χ0v) is 11.0. The van der Waals surface area contributed by atoms with E-state index in [9.17, 15) is 0 Å². The van der Waals surface area contributed by atoms with Crippen LogP contribution in [0.5, 0.6) is 0 Å². The Morgan fingerprint density at radius 2 is 1.76 bits per heavy atom. The minimum atomic E-state index is -0.0493. The molecule has 96 valence electrons. The van der Waals surface area contributed by atoms with Crippen LogP contribution in [0.25, 0.3) is 0 Å². The highest BCUT2D eigenvalue weighted by molar-refractivity contribution is 5.13. The third-order valence-electron chi connectivity index (χ3n) is 2.67. The molecule has 0 saturated heterocycles. The predicted octanol–water partition coefficient (Wildman–Crippen LogP) is 4.15. The van der Waals surface area contributed by atoms with Crippen LogP contribution in [0.1, 0.15) is 45.1 Å². The summed E-state index contributed by atoms with van der Waals surface area (Å²) in [6, 6.07) is 10.2. The monoisotopic (exact) mass is 236 g/mol. The van der Waals surface area contributed by atoms with Gasteiger partial charge in [0.2, 0.25) is 0 Å². The third kappa shape index (κ3) is 6.44. The minimum absolute atomic E-state index is 0.0493. The van der Waals surface area contributed by atoms with Crippen LogP contribution in [-0.2, 0) is 16.1 Å². The fraction of sp³-hybridized carbons (Fsp3) is 0.600. The highest BCUT2D eigenvalue weighted by Gasteiger charge is 2.08. The smallest absolute Gasteiger partial charge is 0.158 e. The van der Waals surface area contributed by atoms with Crippen molar-refractivity contribution in [1.82, 2.24) is 0 Å². The molecule has 0 amide bonds. The van der Waals surface area contributed by atoms with Crippen molar-refractivity contribution in [2.24, 2.45) is 0 Å². The minimum Gasteiger partial charge on any atom is -0.353 e. The normalized spacial score (nSPS) is 12.6. The molecule has 0 radical (unpaired) electrons. The van der Waals surface area contributed by atoms with E-state index in [-0.39, 0.29) is 6.29 Å². The lowest BCUT2D eigenvalue weighted by Gasteiger charge is -2.17. The maximum Gasteiger partial charge on any atom is 0.158 e. The van der Waals surface area contributed by atoms with Crippen molar-refractivity contribution in [3.8, 4) is 0 Å². The largest absolute Gasteiger partial charge is 0.353 e. The summed E-state index contributed by atoms with van der Waals surface area (Å²) in [5, 5.41) is 0. The summed E-state index contributed by atoms with van der Waals surface area (Å²) >= 11 is 0. The van der Waals surface area contributed by atoms with Gasteiger partial charge in [-0.2, -0.15) is 0 Å². The Morgan fingerprint density at radius 1 is 1.00 bits per heavy atom. The Morgan fingerprint density at radius 3 is 2.41 bits per heavy atom. The fourth-order valence-corrected chi connectivity index (χ4v) is 1.73. The van der Waals surface area contributed by atoms with Gasteiger partial charge in [-0.3, -0.25) is 0 Å². The molecular formula is C15H24O2. The van der Waals surface area contributed by atoms with E-state index in [2.05, 4.69) is 19.1 Å². The number of benzene rings is 1. The molecule has 2 nitrogen and oxygen atoms in total. The van der Waals surface area contributed by atoms with E-state index in [1.54, 1.807) is 0 Å². The van der Waals surface area contributed by atoms with Gasteiger partial charge in [0.05, 0.1) is 6.61 Å². The van der Waals surface area contributed by atoms with Crippen molar-refractivity contribution in [3.63, 3.8) is 0 Å². The van der Waals surface area contributed by atoms with Gasteiger partial charge in [-0.05, 0) is 25.3 Å². The van der Waals surface area contributed by atoms with Crippen molar-refractivity contribution in [3.05, 3.63) is 35.9 Å².